The van der Waals surface area contributed by atoms with Gasteiger partial charge >= 0.3 is 0 Å². The SMILES string of the molecule is CC(C)(C)/C=C/c1ccc2c(c1)OCO2. The molecule has 0 radical (unpaired) electrons. The maximum atomic E-state index is 5.31. The Kier molecular flexibility index (Phi) is 2.43. The van der Waals surface area contributed by atoms with Gasteiger partial charge < -0.3 is 9.47 Å². The summed E-state index contributed by atoms with van der Waals surface area (Å²) in [7, 11) is 0. The Hall–Kier alpha value is -1.44. The Morgan fingerprint density at radius 2 is 1.87 bits per heavy atom. The molecule has 15 heavy (non-hydrogen) atoms. The third kappa shape index (κ3) is 2.52. The molecule has 2 rings (SSSR count). The van der Waals surface area contributed by atoms with Crippen LogP contribution >= 0.6 is 0 Å². The van der Waals surface area contributed by atoms with E-state index >= 15 is 0 Å². The number of hydrogen-bond donors (Lipinski definition) is 0. The normalized spacial score (nSPS) is 14.9. The minimum atomic E-state index is 0.205. The second-order valence-corrected chi connectivity index (χ2v) is 4.81. The van der Waals surface area contributed by atoms with Gasteiger partial charge in [-0.15, -0.1) is 0 Å². The molecule has 0 saturated heterocycles. The van der Waals surface area contributed by atoms with E-state index in [0.717, 1.165) is 17.1 Å². The van der Waals surface area contributed by atoms with Gasteiger partial charge in [-0.3, -0.25) is 0 Å². The molecule has 0 saturated carbocycles. The number of allylic oxidation sites excluding steroid dienone is 1. The van der Waals surface area contributed by atoms with Gasteiger partial charge in [0, 0.05) is 0 Å². The van der Waals surface area contributed by atoms with Crippen LogP contribution in [0, 0.1) is 5.41 Å². The van der Waals surface area contributed by atoms with E-state index in [1.807, 2.05) is 18.2 Å². The molecular weight excluding hydrogens is 188 g/mol. The Morgan fingerprint density at radius 1 is 1.13 bits per heavy atom. The molecule has 1 aliphatic rings. The van der Waals surface area contributed by atoms with E-state index in [-0.39, 0.29) is 5.41 Å². The van der Waals surface area contributed by atoms with E-state index in [9.17, 15) is 0 Å². The van der Waals surface area contributed by atoms with Gasteiger partial charge in [-0.1, -0.05) is 39.0 Å². The predicted octanol–water partition coefficient (Wildman–Crippen LogP) is 3.47. The van der Waals surface area contributed by atoms with E-state index < -0.39 is 0 Å². The zero-order valence-electron chi connectivity index (χ0n) is 9.41. The molecule has 0 spiro atoms. The summed E-state index contributed by atoms with van der Waals surface area (Å²) in [5.41, 5.74) is 1.35. The first-order valence-electron chi connectivity index (χ1n) is 5.13. The van der Waals surface area contributed by atoms with Crippen molar-refractivity contribution in [1.82, 2.24) is 0 Å². The summed E-state index contributed by atoms with van der Waals surface area (Å²) in [6.07, 6.45) is 4.30. The highest BCUT2D eigenvalue weighted by Crippen LogP contribution is 2.33. The van der Waals surface area contributed by atoms with Crippen LogP contribution in [-0.2, 0) is 0 Å². The van der Waals surface area contributed by atoms with Gasteiger partial charge in [0.25, 0.3) is 0 Å². The van der Waals surface area contributed by atoms with Crippen molar-refractivity contribution in [2.75, 3.05) is 6.79 Å². The number of rotatable bonds is 1. The molecule has 0 fully saturated rings. The summed E-state index contributed by atoms with van der Waals surface area (Å²) in [4.78, 5) is 0. The Morgan fingerprint density at radius 3 is 2.60 bits per heavy atom. The predicted molar refractivity (Wildman–Crippen MR) is 61.1 cm³/mol. The van der Waals surface area contributed by atoms with Crippen LogP contribution in [0.2, 0.25) is 0 Å². The van der Waals surface area contributed by atoms with E-state index in [0.29, 0.717) is 6.79 Å². The smallest absolute Gasteiger partial charge is 0.231 e. The van der Waals surface area contributed by atoms with Crippen molar-refractivity contribution < 1.29 is 9.47 Å². The quantitative estimate of drug-likeness (QED) is 0.697. The molecule has 2 heteroatoms. The first kappa shape index (κ1) is 10.1. The molecule has 0 aromatic heterocycles. The molecule has 1 aromatic rings. The fraction of sp³-hybridized carbons (Fsp3) is 0.385. The van der Waals surface area contributed by atoms with Gasteiger partial charge in [-0.2, -0.15) is 0 Å². The van der Waals surface area contributed by atoms with Crippen LogP contribution in [0.25, 0.3) is 6.08 Å². The van der Waals surface area contributed by atoms with Crippen LogP contribution in [-0.4, -0.2) is 6.79 Å². The van der Waals surface area contributed by atoms with Crippen molar-refractivity contribution >= 4 is 6.08 Å². The average Bonchev–Trinajstić information content (AvgIpc) is 2.60. The van der Waals surface area contributed by atoms with Crippen LogP contribution in [0.5, 0.6) is 11.5 Å². The zero-order valence-corrected chi connectivity index (χ0v) is 9.41. The lowest BCUT2D eigenvalue weighted by molar-refractivity contribution is 0.174. The summed E-state index contributed by atoms with van der Waals surface area (Å²) in [5, 5.41) is 0. The highest BCUT2D eigenvalue weighted by molar-refractivity contribution is 5.56. The lowest BCUT2D eigenvalue weighted by Gasteiger charge is -2.10. The van der Waals surface area contributed by atoms with Gasteiger partial charge in [-0.05, 0) is 23.1 Å². The van der Waals surface area contributed by atoms with E-state index in [1.165, 1.54) is 0 Å². The number of fused-ring (bicyclic) bond motifs is 1. The summed E-state index contributed by atoms with van der Waals surface area (Å²) in [6.45, 7) is 6.87. The van der Waals surface area contributed by atoms with Crippen LogP contribution in [0.15, 0.2) is 24.3 Å². The van der Waals surface area contributed by atoms with Gasteiger partial charge in [0.15, 0.2) is 11.5 Å². The maximum absolute atomic E-state index is 5.31. The van der Waals surface area contributed by atoms with Crippen LogP contribution in [0.1, 0.15) is 26.3 Å². The van der Waals surface area contributed by atoms with Crippen LogP contribution < -0.4 is 9.47 Å². The van der Waals surface area contributed by atoms with Crippen molar-refractivity contribution in [3.63, 3.8) is 0 Å². The topological polar surface area (TPSA) is 18.5 Å². The van der Waals surface area contributed by atoms with Crippen LogP contribution in [0.4, 0.5) is 0 Å². The molecule has 0 unspecified atom stereocenters. The Balaban J connectivity index is 2.20. The molecule has 0 amide bonds. The van der Waals surface area contributed by atoms with Gasteiger partial charge in [0.05, 0.1) is 0 Å². The first-order valence-corrected chi connectivity index (χ1v) is 5.13. The highest BCUT2D eigenvalue weighted by Gasteiger charge is 2.12. The van der Waals surface area contributed by atoms with Crippen LogP contribution in [0.3, 0.4) is 0 Å². The Labute approximate surface area is 90.5 Å². The zero-order chi connectivity index (χ0) is 10.9. The van der Waals surface area contributed by atoms with Gasteiger partial charge in [-0.25, -0.2) is 0 Å². The largest absolute Gasteiger partial charge is 0.454 e. The molecule has 1 aromatic carbocycles. The summed E-state index contributed by atoms with van der Waals surface area (Å²) >= 11 is 0. The van der Waals surface area contributed by atoms with Gasteiger partial charge in [0.1, 0.15) is 0 Å². The molecule has 0 N–H and O–H groups in total. The lowest BCUT2D eigenvalue weighted by Crippen LogP contribution is -1.97. The van der Waals surface area contributed by atoms with Crippen molar-refractivity contribution in [3.05, 3.63) is 29.8 Å². The van der Waals surface area contributed by atoms with E-state index in [1.54, 1.807) is 0 Å². The third-order valence-corrected chi connectivity index (χ3v) is 2.17. The molecular formula is C13H16O2. The van der Waals surface area contributed by atoms with E-state index in [4.69, 9.17) is 9.47 Å². The molecule has 0 atom stereocenters. The van der Waals surface area contributed by atoms with Crippen molar-refractivity contribution in [3.8, 4) is 11.5 Å². The highest BCUT2D eigenvalue weighted by atomic mass is 16.7. The molecule has 80 valence electrons. The first-order chi connectivity index (χ1) is 7.04. The second kappa shape index (κ2) is 3.61. The summed E-state index contributed by atoms with van der Waals surface area (Å²) < 4.78 is 10.6. The molecule has 2 nitrogen and oxygen atoms in total. The minimum Gasteiger partial charge on any atom is -0.454 e. The standard InChI is InChI=1S/C13H16O2/c1-13(2,3)7-6-10-4-5-11-12(8-10)15-9-14-11/h4-8H,9H2,1-3H3/b7-6+. The average molecular weight is 204 g/mol. The molecule has 1 aliphatic heterocycles. The van der Waals surface area contributed by atoms with Crippen molar-refractivity contribution in [1.29, 1.82) is 0 Å². The fourth-order valence-corrected chi connectivity index (χ4v) is 1.36. The van der Waals surface area contributed by atoms with Crippen molar-refractivity contribution in [2.24, 2.45) is 5.41 Å². The third-order valence-electron chi connectivity index (χ3n) is 2.17. The minimum absolute atomic E-state index is 0.205. The van der Waals surface area contributed by atoms with E-state index in [2.05, 4.69) is 32.9 Å². The fourth-order valence-electron chi connectivity index (χ4n) is 1.36. The molecule has 0 bridgehead atoms. The maximum Gasteiger partial charge on any atom is 0.231 e. The summed E-state index contributed by atoms with van der Waals surface area (Å²) in [5.74, 6) is 1.67. The second-order valence-electron chi connectivity index (χ2n) is 4.81. The molecule has 1 heterocycles. The number of benzene rings is 1. The number of hydrogen-bond acceptors (Lipinski definition) is 2. The lowest BCUT2D eigenvalue weighted by atomic mass is 9.95. The monoisotopic (exact) mass is 204 g/mol. The Bertz CT molecular complexity index is 386. The van der Waals surface area contributed by atoms with Gasteiger partial charge in [0.2, 0.25) is 6.79 Å². The number of ether oxygens (including phenoxy) is 2. The molecule has 0 aliphatic carbocycles. The van der Waals surface area contributed by atoms with Crippen molar-refractivity contribution in [2.45, 2.75) is 20.8 Å². The summed E-state index contributed by atoms with van der Waals surface area (Å²) in [6, 6.07) is 5.99.